The first-order valence-electron chi connectivity index (χ1n) is 5.44. The van der Waals surface area contributed by atoms with Crippen LogP contribution < -0.4 is 15.6 Å². The first-order chi connectivity index (χ1) is 9.10. The lowest BCUT2D eigenvalue weighted by Gasteiger charge is -2.09. The molecule has 2 aromatic rings. The Kier molecular flexibility index (Phi) is 4.01. The van der Waals surface area contributed by atoms with Gasteiger partial charge in [0.1, 0.15) is 5.75 Å². The number of halogens is 1. The monoisotopic (exact) mass is 322 g/mol. The average molecular weight is 323 g/mol. The van der Waals surface area contributed by atoms with Crippen LogP contribution >= 0.6 is 15.9 Å². The summed E-state index contributed by atoms with van der Waals surface area (Å²) >= 11 is 3.34. The molecule has 2 N–H and O–H groups in total. The molecule has 1 amide bonds. The summed E-state index contributed by atoms with van der Waals surface area (Å²) in [4.78, 5) is 25.4. The van der Waals surface area contributed by atoms with Crippen LogP contribution in [0.15, 0.2) is 45.8 Å². The van der Waals surface area contributed by atoms with E-state index in [0.29, 0.717) is 17.0 Å². The fraction of sp³-hybridized carbons (Fsp3) is 0.0769. The second-order valence-electron chi connectivity index (χ2n) is 3.74. The molecular weight excluding hydrogens is 312 g/mol. The van der Waals surface area contributed by atoms with Crippen LogP contribution in [0.2, 0.25) is 0 Å². The number of rotatable bonds is 3. The molecule has 0 aliphatic rings. The molecule has 0 fully saturated rings. The van der Waals surface area contributed by atoms with Gasteiger partial charge in [0.2, 0.25) is 5.56 Å². The van der Waals surface area contributed by atoms with Crippen LogP contribution in [0.25, 0.3) is 0 Å². The van der Waals surface area contributed by atoms with Crippen LogP contribution in [0.3, 0.4) is 0 Å². The number of benzene rings is 1. The van der Waals surface area contributed by atoms with E-state index in [2.05, 4.69) is 26.2 Å². The molecule has 0 aliphatic carbocycles. The SMILES string of the molecule is COc1ccc(Br)c(NC(=O)c2ccc(=O)[nH]c2)c1. The Hall–Kier alpha value is -2.08. The Morgan fingerprint density at radius 3 is 2.74 bits per heavy atom. The van der Waals surface area contributed by atoms with Crippen molar-refractivity contribution >= 4 is 27.5 Å². The van der Waals surface area contributed by atoms with Crippen LogP contribution in [-0.2, 0) is 0 Å². The standard InChI is InChI=1S/C13H11BrN2O3/c1-19-9-3-4-10(14)11(6-9)16-13(18)8-2-5-12(17)15-7-8/h2-7H,1H3,(H,15,17)(H,16,18). The zero-order chi connectivity index (χ0) is 13.8. The van der Waals surface area contributed by atoms with Gasteiger partial charge in [-0.3, -0.25) is 9.59 Å². The summed E-state index contributed by atoms with van der Waals surface area (Å²) in [6.07, 6.45) is 1.37. The Labute approximate surface area is 117 Å². The maximum absolute atomic E-state index is 12.0. The van der Waals surface area contributed by atoms with Gasteiger partial charge in [0.25, 0.3) is 5.91 Å². The molecule has 0 atom stereocenters. The second kappa shape index (κ2) is 5.71. The predicted octanol–water partition coefficient (Wildman–Crippen LogP) is 2.40. The molecule has 0 unspecified atom stereocenters. The zero-order valence-corrected chi connectivity index (χ0v) is 11.7. The number of hydrogen-bond acceptors (Lipinski definition) is 3. The van der Waals surface area contributed by atoms with Crippen molar-refractivity contribution in [2.24, 2.45) is 0 Å². The number of H-pyrrole nitrogens is 1. The van der Waals surface area contributed by atoms with Crippen molar-refractivity contribution in [1.82, 2.24) is 4.98 Å². The van der Waals surface area contributed by atoms with Crippen molar-refractivity contribution in [3.05, 3.63) is 56.9 Å². The van der Waals surface area contributed by atoms with E-state index in [4.69, 9.17) is 4.74 Å². The highest BCUT2D eigenvalue weighted by atomic mass is 79.9. The lowest BCUT2D eigenvalue weighted by atomic mass is 10.2. The van der Waals surface area contributed by atoms with Crippen LogP contribution in [0, 0.1) is 0 Å². The minimum absolute atomic E-state index is 0.251. The number of pyridine rings is 1. The molecule has 0 aliphatic heterocycles. The first-order valence-corrected chi connectivity index (χ1v) is 6.23. The fourth-order valence-electron chi connectivity index (χ4n) is 1.47. The molecule has 1 heterocycles. The summed E-state index contributed by atoms with van der Waals surface area (Å²) in [5.41, 5.74) is 0.712. The Bertz CT molecular complexity index is 647. The van der Waals surface area contributed by atoms with E-state index in [1.165, 1.54) is 18.3 Å². The number of anilines is 1. The highest BCUT2D eigenvalue weighted by molar-refractivity contribution is 9.10. The van der Waals surface area contributed by atoms with Gasteiger partial charge in [0, 0.05) is 22.8 Å². The van der Waals surface area contributed by atoms with E-state index in [0.717, 1.165) is 4.47 Å². The summed E-state index contributed by atoms with van der Waals surface area (Å²) in [5, 5.41) is 2.73. The summed E-state index contributed by atoms with van der Waals surface area (Å²) < 4.78 is 5.83. The Morgan fingerprint density at radius 2 is 2.11 bits per heavy atom. The van der Waals surface area contributed by atoms with Gasteiger partial charge in [0.05, 0.1) is 18.4 Å². The van der Waals surface area contributed by atoms with Crippen molar-refractivity contribution in [2.75, 3.05) is 12.4 Å². The molecule has 98 valence electrons. The third kappa shape index (κ3) is 3.23. The second-order valence-corrected chi connectivity index (χ2v) is 4.60. The maximum Gasteiger partial charge on any atom is 0.257 e. The number of aromatic amines is 1. The minimum atomic E-state index is -0.315. The topological polar surface area (TPSA) is 71.2 Å². The molecule has 0 spiro atoms. The van der Waals surface area contributed by atoms with Gasteiger partial charge in [-0.25, -0.2) is 0 Å². The number of amides is 1. The quantitative estimate of drug-likeness (QED) is 0.911. The number of ether oxygens (including phenoxy) is 1. The third-order valence-corrected chi connectivity index (χ3v) is 3.16. The average Bonchev–Trinajstić information content (AvgIpc) is 2.42. The number of hydrogen-bond donors (Lipinski definition) is 2. The van der Waals surface area contributed by atoms with Gasteiger partial charge in [-0.05, 0) is 34.1 Å². The molecule has 0 saturated carbocycles. The van der Waals surface area contributed by atoms with Gasteiger partial charge < -0.3 is 15.0 Å². The van der Waals surface area contributed by atoms with Crippen LogP contribution in [0.5, 0.6) is 5.75 Å². The molecule has 2 rings (SSSR count). The largest absolute Gasteiger partial charge is 0.497 e. The van der Waals surface area contributed by atoms with Gasteiger partial charge in [-0.1, -0.05) is 0 Å². The highest BCUT2D eigenvalue weighted by Crippen LogP contribution is 2.27. The number of aromatic nitrogens is 1. The lowest BCUT2D eigenvalue weighted by Crippen LogP contribution is -2.14. The van der Waals surface area contributed by atoms with Crippen LogP contribution in [0.4, 0.5) is 5.69 Å². The van der Waals surface area contributed by atoms with Crippen LogP contribution in [-0.4, -0.2) is 18.0 Å². The number of carbonyl (C=O) groups is 1. The van der Waals surface area contributed by atoms with Crippen molar-refractivity contribution < 1.29 is 9.53 Å². The van der Waals surface area contributed by atoms with E-state index in [-0.39, 0.29) is 11.5 Å². The van der Waals surface area contributed by atoms with Crippen LogP contribution in [0.1, 0.15) is 10.4 Å². The zero-order valence-electron chi connectivity index (χ0n) is 10.1. The summed E-state index contributed by atoms with van der Waals surface area (Å²) in [6, 6.07) is 8.02. The van der Waals surface area contributed by atoms with E-state index < -0.39 is 0 Å². The summed E-state index contributed by atoms with van der Waals surface area (Å²) in [7, 11) is 1.55. The van der Waals surface area contributed by atoms with Crippen molar-refractivity contribution in [1.29, 1.82) is 0 Å². The molecule has 6 heteroatoms. The third-order valence-electron chi connectivity index (χ3n) is 2.47. The van der Waals surface area contributed by atoms with Gasteiger partial charge in [0.15, 0.2) is 0 Å². The smallest absolute Gasteiger partial charge is 0.257 e. The van der Waals surface area contributed by atoms with E-state index in [9.17, 15) is 9.59 Å². The first kappa shape index (κ1) is 13.4. The number of methoxy groups -OCH3 is 1. The molecular formula is C13H11BrN2O3. The number of nitrogens with one attached hydrogen (secondary N) is 2. The summed E-state index contributed by atoms with van der Waals surface area (Å²) in [5.74, 6) is 0.324. The maximum atomic E-state index is 12.0. The molecule has 1 aromatic carbocycles. The minimum Gasteiger partial charge on any atom is -0.497 e. The van der Waals surface area contributed by atoms with E-state index >= 15 is 0 Å². The molecule has 0 bridgehead atoms. The van der Waals surface area contributed by atoms with E-state index in [1.807, 2.05) is 0 Å². The highest BCUT2D eigenvalue weighted by Gasteiger charge is 2.09. The van der Waals surface area contributed by atoms with Crippen molar-refractivity contribution in [2.45, 2.75) is 0 Å². The Morgan fingerprint density at radius 1 is 1.32 bits per heavy atom. The van der Waals surface area contributed by atoms with Gasteiger partial charge in [-0.15, -0.1) is 0 Å². The van der Waals surface area contributed by atoms with Gasteiger partial charge >= 0.3 is 0 Å². The fourth-order valence-corrected chi connectivity index (χ4v) is 1.82. The summed E-state index contributed by atoms with van der Waals surface area (Å²) in [6.45, 7) is 0. The Balaban J connectivity index is 2.23. The molecule has 0 saturated heterocycles. The normalized spacial score (nSPS) is 10.0. The number of carbonyl (C=O) groups excluding carboxylic acids is 1. The van der Waals surface area contributed by atoms with Crippen molar-refractivity contribution in [3.63, 3.8) is 0 Å². The molecule has 0 radical (unpaired) electrons. The van der Waals surface area contributed by atoms with Gasteiger partial charge in [-0.2, -0.15) is 0 Å². The van der Waals surface area contributed by atoms with E-state index in [1.54, 1.807) is 25.3 Å². The lowest BCUT2D eigenvalue weighted by molar-refractivity contribution is 0.102. The molecule has 1 aromatic heterocycles. The van der Waals surface area contributed by atoms with Crippen molar-refractivity contribution in [3.8, 4) is 5.75 Å². The molecule has 19 heavy (non-hydrogen) atoms. The molecule has 5 nitrogen and oxygen atoms in total. The predicted molar refractivity (Wildman–Crippen MR) is 75.7 cm³/mol.